The third-order valence-electron chi connectivity index (χ3n) is 4.58. The SMILES string of the molecule is COc1cc(C(=O)Nc2ccc3c(c2)oc2ccccc23)c([N+](=O)[O-])cc1OC. The van der Waals surface area contributed by atoms with Gasteiger partial charge in [-0.15, -0.1) is 0 Å². The standard InChI is InChI=1S/C21H16N2O6/c1-27-19-10-15(16(23(25)26)11-20(19)28-2)21(24)22-12-7-8-14-13-5-3-4-6-17(13)29-18(14)9-12/h3-11H,1-2H3,(H,22,24). The van der Waals surface area contributed by atoms with Gasteiger partial charge in [0.2, 0.25) is 0 Å². The minimum absolute atomic E-state index is 0.141. The lowest BCUT2D eigenvalue weighted by Crippen LogP contribution is -2.14. The van der Waals surface area contributed by atoms with E-state index in [1.54, 1.807) is 12.1 Å². The normalized spacial score (nSPS) is 10.8. The van der Waals surface area contributed by atoms with Crippen molar-refractivity contribution in [2.75, 3.05) is 19.5 Å². The zero-order valence-electron chi connectivity index (χ0n) is 15.6. The Labute approximate surface area is 164 Å². The minimum Gasteiger partial charge on any atom is -0.493 e. The number of rotatable bonds is 5. The molecule has 0 aliphatic heterocycles. The van der Waals surface area contributed by atoms with E-state index in [2.05, 4.69) is 5.32 Å². The summed E-state index contributed by atoms with van der Waals surface area (Å²) in [5.41, 5.74) is 1.26. The molecule has 1 aromatic heterocycles. The van der Waals surface area contributed by atoms with Crippen LogP contribution in [0.5, 0.6) is 11.5 Å². The van der Waals surface area contributed by atoms with Gasteiger partial charge in [-0.25, -0.2) is 0 Å². The smallest absolute Gasteiger partial charge is 0.286 e. The molecule has 4 aromatic rings. The maximum Gasteiger partial charge on any atom is 0.286 e. The van der Waals surface area contributed by atoms with Crippen LogP contribution in [0.1, 0.15) is 10.4 Å². The molecule has 0 aliphatic carbocycles. The molecule has 0 aliphatic rings. The molecule has 0 saturated carbocycles. The highest BCUT2D eigenvalue weighted by Gasteiger charge is 2.25. The number of carbonyl (C=O) groups excluding carboxylic acids is 1. The predicted molar refractivity (Wildman–Crippen MR) is 108 cm³/mol. The van der Waals surface area contributed by atoms with Gasteiger partial charge in [0.1, 0.15) is 16.7 Å². The fraction of sp³-hybridized carbons (Fsp3) is 0.0952. The maximum absolute atomic E-state index is 12.8. The molecule has 0 radical (unpaired) electrons. The number of hydrogen-bond donors (Lipinski definition) is 1. The lowest BCUT2D eigenvalue weighted by Gasteiger charge is -2.11. The van der Waals surface area contributed by atoms with Crippen molar-refractivity contribution in [3.63, 3.8) is 0 Å². The summed E-state index contributed by atoms with van der Waals surface area (Å²) in [5, 5.41) is 16.0. The van der Waals surface area contributed by atoms with Crippen LogP contribution in [-0.4, -0.2) is 25.1 Å². The number of fused-ring (bicyclic) bond motifs is 3. The Bertz CT molecular complexity index is 1260. The summed E-state index contributed by atoms with van der Waals surface area (Å²) in [6.45, 7) is 0. The number of nitro benzene ring substituents is 1. The number of amides is 1. The van der Waals surface area contributed by atoms with Crippen LogP contribution in [0.15, 0.2) is 59.0 Å². The zero-order chi connectivity index (χ0) is 20.5. The van der Waals surface area contributed by atoms with E-state index in [4.69, 9.17) is 13.9 Å². The number of carbonyl (C=O) groups is 1. The lowest BCUT2D eigenvalue weighted by molar-refractivity contribution is -0.385. The zero-order valence-corrected chi connectivity index (χ0v) is 15.6. The number of nitro groups is 1. The summed E-state index contributed by atoms with van der Waals surface area (Å²) in [6.07, 6.45) is 0. The molecule has 4 rings (SSSR count). The number of benzene rings is 3. The van der Waals surface area contributed by atoms with E-state index in [0.29, 0.717) is 11.3 Å². The molecule has 0 atom stereocenters. The minimum atomic E-state index is -0.645. The van der Waals surface area contributed by atoms with Crippen molar-refractivity contribution in [1.29, 1.82) is 0 Å². The summed E-state index contributed by atoms with van der Waals surface area (Å²) >= 11 is 0. The van der Waals surface area contributed by atoms with Crippen molar-refractivity contribution in [2.45, 2.75) is 0 Å². The van der Waals surface area contributed by atoms with Crippen molar-refractivity contribution in [3.05, 3.63) is 70.3 Å². The number of para-hydroxylation sites is 1. The average molecular weight is 392 g/mol. The Hall–Kier alpha value is -4.07. The fourth-order valence-corrected chi connectivity index (χ4v) is 3.20. The Balaban J connectivity index is 1.72. The number of nitrogens with zero attached hydrogens (tertiary/aromatic N) is 1. The van der Waals surface area contributed by atoms with Crippen molar-refractivity contribution >= 4 is 39.2 Å². The highest BCUT2D eigenvalue weighted by Crippen LogP contribution is 2.35. The quantitative estimate of drug-likeness (QED) is 0.388. The first-order valence-corrected chi connectivity index (χ1v) is 8.65. The van der Waals surface area contributed by atoms with Crippen LogP contribution in [0.4, 0.5) is 11.4 Å². The van der Waals surface area contributed by atoms with Gasteiger partial charge in [-0.1, -0.05) is 18.2 Å². The van der Waals surface area contributed by atoms with E-state index in [-0.39, 0.29) is 22.7 Å². The molecule has 1 N–H and O–H groups in total. The summed E-state index contributed by atoms with van der Waals surface area (Å²) in [5.74, 6) is -0.261. The van der Waals surface area contributed by atoms with Gasteiger partial charge in [0.05, 0.1) is 25.2 Å². The van der Waals surface area contributed by atoms with E-state index < -0.39 is 10.8 Å². The maximum atomic E-state index is 12.8. The summed E-state index contributed by atoms with van der Waals surface area (Å²) in [4.78, 5) is 23.6. The second-order valence-electron chi connectivity index (χ2n) is 6.24. The van der Waals surface area contributed by atoms with Gasteiger partial charge in [0.25, 0.3) is 11.6 Å². The first-order valence-electron chi connectivity index (χ1n) is 8.65. The van der Waals surface area contributed by atoms with Crippen LogP contribution >= 0.6 is 0 Å². The van der Waals surface area contributed by atoms with Gasteiger partial charge in [0.15, 0.2) is 11.5 Å². The first kappa shape index (κ1) is 18.3. The number of nitrogens with one attached hydrogen (secondary N) is 1. The Morgan fingerprint density at radius 3 is 2.38 bits per heavy atom. The highest BCUT2D eigenvalue weighted by molar-refractivity contribution is 6.10. The van der Waals surface area contributed by atoms with Crippen LogP contribution in [-0.2, 0) is 0 Å². The van der Waals surface area contributed by atoms with Crippen LogP contribution in [0, 0.1) is 10.1 Å². The van der Waals surface area contributed by atoms with Crippen LogP contribution < -0.4 is 14.8 Å². The average Bonchev–Trinajstić information content (AvgIpc) is 3.10. The monoisotopic (exact) mass is 392 g/mol. The van der Waals surface area contributed by atoms with E-state index in [0.717, 1.165) is 22.4 Å². The van der Waals surface area contributed by atoms with E-state index in [1.807, 2.05) is 30.3 Å². The van der Waals surface area contributed by atoms with Crippen molar-refractivity contribution < 1.29 is 23.6 Å². The second kappa shape index (κ2) is 7.16. The Kier molecular flexibility index (Phi) is 4.52. The van der Waals surface area contributed by atoms with Gasteiger partial charge in [-0.3, -0.25) is 14.9 Å². The van der Waals surface area contributed by atoms with Crippen LogP contribution in [0.3, 0.4) is 0 Å². The molecule has 146 valence electrons. The number of hydrogen-bond acceptors (Lipinski definition) is 6. The van der Waals surface area contributed by atoms with Crippen LogP contribution in [0.2, 0.25) is 0 Å². The number of ether oxygens (including phenoxy) is 2. The fourth-order valence-electron chi connectivity index (χ4n) is 3.20. The van der Waals surface area contributed by atoms with Crippen molar-refractivity contribution in [1.82, 2.24) is 0 Å². The Morgan fingerprint density at radius 2 is 1.66 bits per heavy atom. The van der Waals surface area contributed by atoms with Gasteiger partial charge in [-0.2, -0.15) is 0 Å². The molecule has 8 heteroatoms. The predicted octanol–water partition coefficient (Wildman–Crippen LogP) is 4.76. The molecule has 3 aromatic carbocycles. The molecule has 0 spiro atoms. The number of methoxy groups -OCH3 is 2. The van der Waals surface area contributed by atoms with E-state index >= 15 is 0 Å². The molecular weight excluding hydrogens is 376 g/mol. The highest BCUT2D eigenvalue weighted by atomic mass is 16.6. The molecule has 0 bridgehead atoms. The van der Waals surface area contributed by atoms with Crippen molar-refractivity contribution in [3.8, 4) is 11.5 Å². The van der Waals surface area contributed by atoms with Gasteiger partial charge < -0.3 is 19.2 Å². The molecule has 1 amide bonds. The molecule has 0 saturated heterocycles. The number of anilines is 1. The van der Waals surface area contributed by atoms with Gasteiger partial charge in [-0.05, 0) is 18.2 Å². The summed E-state index contributed by atoms with van der Waals surface area (Å²) in [7, 11) is 2.75. The molecule has 29 heavy (non-hydrogen) atoms. The van der Waals surface area contributed by atoms with Gasteiger partial charge in [0, 0.05) is 28.6 Å². The molecule has 0 fully saturated rings. The molecular formula is C21H16N2O6. The lowest BCUT2D eigenvalue weighted by atomic mass is 10.1. The Morgan fingerprint density at radius 1 is 0.966 bits per heavy atom. The molecule has 1 heterocycles. The molecule has 8 nitrogen and oxygen atoms in total. The van der Waals surface area contributed by atoms with E-state index in [1.165, 1.54) is 20.3 Å². The molecule has 0 unspecified atom stereocenters. The van der Waals surface area contributed by atoms with Crippen molar-refractivity contribution in [2.24, 2.45) is 0 Å². The third-order valence-corrected chi connectivity index (χ3v) is 4.58. The van der Waals surface area contributed by atoms with Gasteiger partial charge >= 0.3 is 0 Å². The topological polar surface area (TPSA) is 104 Å². The van der Waals surface area contributed by atoms with E-state index in [9.17, 15) is 14.9 Å². The summed E-state index contributed by atoms with van der Waals surface area (Å²) < 4.78 is 16.1. The van der Waals surface area contributed by atoms with Crippen LogP contribution in [0.25, 0.3) is 21.9 Å². The largest absolute Gasteiger partial charge is 0.493 e. The third kappa shape index (κ3) is 3.20. The first-order chi connectivity index (χ1) is 14.0. The number of furan rings is 1. The summed E-state index contributed by atoms with van der Waals surface area (Å²) in [6, 6.07) is 15.3. The second-order valence-corrected chi connectivity index (χ2v) is 6.24.